The molecule has 1 aromatic heterocycles. The van der Waals surface area contributed by atoms with Crippen molar-refractivity contribution in [3.63, 3.8) is 0 Å². The highest BCUT2D eigenvalue weighted by molar-refractivity contribution is 5.99. The van der Waals surface area contributed by atoms with Crippen LogP contribution >= 0.6 is 0 Å². The number of nitrogens with one attached hydrogen (secondary N) is 2. The Labute approximate surface area is 139 Å². The van der Waals surface area contributed by atoms with Gasteiger partial charge in [-0.05, 0) is 43.3 Å². The maximum atomic E-state index is 12.0. The minimum absolute atomic E-state index is 0.292. The number of nitrogens with zero attached hydrogens (tertiary/aromatic N) is 2. The van der Waals surface area contributed by atoms with Gasteiger partial charge in [0.25, 0.3) is 0 Å². The quantitative estimate of drug-likeness (QED) is 0.752. The number of carbonyl (C=O) groups excluding carboxylic acids is 1. The number of hydrogen-bond donors (Lipinski definition) is 2. The summed E-state index contributed by atoms with van der Waals surface area (Å²) in [4.78, 5) is 16.3. The van der Waals surface area contributed by atoms with Gasteiger partial charge in [-0.2, -0.15) is 4.98 Å². The molecule has 2 N–H and O–H groups in total. The fraction of sp³-hybridized carbons (Fsp3) is 0.167. The van der Waals surface area contributed by atoms with E-state index in [9.17, 15) is 4.79 Å². The predicted octanol–water partition coefficient (Wildman–Crippen LogP) is 4.25. The van der Waals surface area contributed by atoms with Crippen molar-refractivity contribution in [1.82, 2.24) is 10.1 Å². The molecule has 3 rings (SSSR count). The lowest BCUT2D eigenvalue weighted by Crippen LogP contribution is -2.19. The fourth-order valence-corrected chi connectivity index (χ4v) is 2.15. The van der Waals surface area contributed by atoms with Gasteiger partial charge in [0.1, 0.15) is 0 Å². The van der Waals surface area contributed by atoms with Crippen LogP contribution in [0, 0.1) is 6.92 Å². The van der Waals surface area contributed by atoms with E-state index in [0.29, 0.717) is 23.8 Å². The van der Waals surface area contributed by atoms with E-state index < -0.39 is 0 Å². The van der Waals surface area contributed by atoms with Crippen LogP contribution in [0.3, 0.4) is 0 Å². The van der Waals surface area contributed by atoms with Gasteiger partial charge in [0.05, 0.1) is 0 Å². The first-order chi connectivity index (χ1) is 11.6. The lowest BCUT2D eigenvalue weighted by atomic mass is 10.2. The lowest BCUT2D eigenvalue weighted by Gasteiger charge is -2.08. The number of hydrogen-bond acceptors (Lipinski definition) is 4. The summed E-state index contributed by atoms with van der Waals surface area (Å²) in [5, 5.41) is 9.50. The van der Waals surface area contributed by atoms with E-state index >= 15 is 0 Å². The molecular weight excluding hydrogens is 304 g/mol. The number of amides is 2. The molecule has 0 aliphatic rings. The van der Waals surface area contributed by atoms with Gasteiger partial charge in [-0.1, -0.05) is 29.8 Å². The van der Waals surface area contributed by atoms with Gasteiger partial charge in [-0.15, -0.1) is 0 Å². The number of benzene rings is 2. The third-order valence-corrected chi connectivity index (χ3v) is 3.48. The Kier molecular flexibility index (Phi) is 4.56. The highest BCUT2D eigenvalue weighted by atomic mass is 16.5. The first-order valence-corrected chi connectivity index (χ1v) is 7.72. The fourth-order valence-electron chi connectivity index (χ4n) is 2.15. The smallest absolute Gasteiger partial charge is 0.323 e. The number of anilines is 2. The Morgan fingerprint density at radius 2 is 1.58 bits per heavy atom. The topological polar surface area (TPSA) is 80.0 Å². The second-order valence-corrected chi connectivity index (χ2v) is 5.39. The molecule has 0 fully saturated rings. The molecule has 6 heteroatoms. The van der Waals surface area contributed by atoms with E-state index in [4.69, 9.17) is 4.52 Å². The van der Waals surface area contributed by atoms with Crippen molar-refractivity contribution in [2.45, 2.75) is 20.3 Å². The maximum absolute atomic E-state index is 12.0. The first-order valence-electron chi connectivity index (χ1n) is 7.72. The van der Waals surface area contributed by atoms with Gasteiger partial charge in [0.2, 0.25) is 11.7 Å². The van der Waals surface area contributed by atoms with E-state index in [1.54, 1.807) is 12.1 Å². The summed E-state index contributed by atoms with van der Waals surface area (Å²) in [6.45, 7) is 3.95. The SMILES string of the molecule is CCc1nc(-c2ccc(NC(=O)Nc3ccc(C)cc3)cc2)no1. The Bertz CT molecular complexity index is 823. The van der Waals surface area contributed by atoms with Crippen LogP contribution in [0.15, 0.2) is 53.1 Å². The summed E-state index contributed by atoms with van der Waals surface area (Å²) in [6.07, 6.45) is 0.700. The lowest BCUT2D eigenvalue weighted by molar-refractivity contribution is 0.262. The van der Waals surface area contributed by atoms with Crippen molar-refractivity contribution in [3.8, 4) is 11.4 Å². The average Bonchev–Trinajstić information content (AvgIpc) is 3.07. The van der Waals surface area contributed by atoms with Gasteiger partial charge >= 0.3 is 6.03 Å². The Morgan fingerprint density at radius 1 is 1.00 bits per heavy atom. The zero-order valence-corrected chi connectivity index (χ0v) is 13.5. The Balaban J connectivity index is 1.63. The Hall–Kier alpha value is -3.15. The molecule has 0 aliphatic heterocycles. The van der Waals surface area contributed by atoms with Crippen LogP contribution in [-0.4, -0.2) is 16.2 Å². The van der Waals surface area contributed by atoms with Gasteiger partial charge in [0, 0.05) is 23.4 Å². The number of aromatic nitrogens is 2. The monoisotopic (exact) mass is 322 g/mol. The van der Waals surface area contributed by atoms with E-state index in [2.05, 4.69) is 20.8 Å². The van der Waals surface area contributed by atoms with Crippen molar-refractivity contribution < 1.29 is 9.32 Å². The average molecular weight is 322 g/mol. The number of urea groups is 1. The zero-order valence-electron chi connectivity index (χ0n) is 13.5. The molecular formula is C18H18N4O2. The standard InChI is InChI=1S/C18H18N4O2/c1-3-16-21-17(22-24-16)13-6-10-15(11-7-13)20-18(23)19-14-8-4-12(2)5-9-14/h4-11H,3H2,1-2H3,(H2,19,20,23). The van der Waals surface area contributed by atoms with Crippen molar-refractivity contribution in [2.24, 2.45) is 0 Å². The van der Waals surface area contributed by atoms with Crippen LogP contribution in [0.4, 0.5) is 16.2 Å². The van der Waals surface area contributed by atoms with E-state index in [0.717, 1.165) is 16.8 Å². The molecule has 2 aromatic carbocycles. The van der Waals surface area contributed by atoms with E-state index in [1.807, 2.05) is 50.2 Å². The maximum Gasteiger partial charge on any atom is 0.323 e. The third kappa shape index (κ3) is 3.78. The number of carbonyl (C=O) groups is 1. The summed E-state index contributed by atoms with van der Waals surface area (Å²) in [5.74, 6) is 1.15. The molecule has 0 bridgehead atoms. The molecule has 2 amide bonds. The second-order valence-electron chi connectivity index (χ2n) is 5.39. The van der Waals surface area contributed by atoms with Crippen LogP contribution in [0.2, 0.25) is 0 Å². The van der Waals surface area contributed by atoms with Gasteiger partial charge in [-0.3, -0.25) is 0 Å². The summed E-state index contributed by atoms with van der Waals surface area (Å²) < 4.78 is 5.10. The molecule has 0 unspecified atom stereocenters. The zero-order chi connectivity index (χ0) is 16.9. The third-order valence-electron chi connectivity index (χ3n) is 3.48. The second kappa shape index (κ2) is 6.95. The van der Waals surface area contributed by atoms with Gasteiger partial charge in [-0.25, -0.2) is 4.79 Å². The summed E-state index contributed by atoms with van der Waals surface area (Å²) in [6, 6.07) is 14.6. The number of aryl methyl sites for hydroxylation is 2. The van der Waals surface area contributed by atoms with Crippen molar-refractivity contribution in [3.05, 3.63) is 60.0 Å². The molecule has 0 saturated heterocycles. The molecule has 24 heavy (non-hydrogen) atoms. The molecule has 0 spiro atoms. The number of rotatable bonds is 4. The molecule has 0 atom stereocenters. The molecule has 6 nitrogen and oxygen atoms in total. The van der Waals surface area contributed by atoms with Crippen LogP contribution in [0.1, 0.15) is 18.4 Å². The van der Waals surface area contributed by atoms with Crippen molar-refractivity contribution in [2.75, 3.05) is 10.6 Å². The predicted molar refractivity (Wildman–Crippen MR) is 92.9 cm³/mol. The highest BCUT2D eigenvalue weighted by Crippen LogP contribution is 2.19. The Morgan fingerprint density at radius 3 is 2.12 bits per heavy atom. The van der Waals surface area contributed by atoms with Crippen molar-refractivity contribution in [1.29, 1.82) is 0 Å². The molecule has 0 saturated carbocycles. The van der Waals surface area contributed by atoms with Gasteiger partial charge in [0.15, 0.2) is 0 Å². The summed E-state index contributed by atoms with van der Waals surface area (Å²) in [5.41, 5.74) is 3.41. The van der Waals surface area contributed by atoms with Gasteiger partial charge < -0.3 is 15.2 Å². The summed E-state index contributed by atoms with van der Waals surface area (Å²) in [7, 11) is 0. The van der Waals surface area contributed by atoms with E-state index in [-0.39, 0.29) is 6.03 Å². The highest BCUT2D eigenvalue weighted by Gasteiger charge is 2.08. The molecule has 0 radical (unpaired) electrons. The molecule has 3 aromatic rings. The first kappa shape index (κ1) is 15.7. The van der Waals surface area contributed by atoms with E-state index in [1.165, 1.54) is 0 Å². The molecule has 122 valence electrons. The molecule has 1 heterocycles. The van der Waals surface area contributed by atoms with Crippen LogP contribution < -0.4 is 10.6 Å². The van der Waals surface area contributed by atoms with Crippen LogP contribution in [0.5, 0.6) is 0 Å². The van der Waals surface area contributed by atoms with Crippen LogP contribution in [0.25, 0.3) is 11.4 Å². The van der Waals surface area contributed by atoms with Crippen LogP contribution in [-0.2, 0) is 6.42 Å². The molecule has 0 aliphatic carbocycles. The summed E-state index contributed by atoms with van der Waals surface area (Å²) >= 11 is 0. The normalized spacial score (nSPS) is 10.4. The largest absolute Gasteiger partial charge is 0.339 e. The minimum Gasteiger partial charge on any atom is -0.339 e. The minimum atomic E-state index is -0.292. The van der Waals surface area contributed by atoms with Crippen molar-refractivity contribution >= 4 is 17.4 Å².